The molecule has 1 aromatic rings. The Balaban J connectivity index is 3.23. The number of carbonyl (C=O) groups is 2. The predicted octanol–water partition coefficient (Wildman–Crippen LogP) is 1.55. The van der Waals surface area contributed by atoms with Gasteiger partial charge in [0.05, 0.1) is 12.0 Å². The fourth-order valence-corrected chi connectivity index (χ4v) is 1.54. The number of halogens is 2. The second-order valence-corrected chi connectivity index (χ2v) is 4.58. The van der Waals surface area contributed by atoms with Crippen molar-refractivity contribution >= 4 is 17.6 Å². The van der Waals surface area contributed by atoms with Crippen LogP contribution in [0.25, 0.3) is 0 Å². The SMILES string of the molecule is COC(=O)C(C)(C)NC(=O)c1c(F)ccc([N+](=O)[O-])c1F. The Morgan fingerprint density at radius 3 is 2.38 bits per heavy atom. The maximum absolute atomic E-state index is 13.8. The van der Waals surface area contributed by atoms with Gasteiger partial charge in [-0.3, -0.25) is 14.9 Å². The third kappa shape index (κ3) is 3.30. The van der Waals surface area contributed by atoms with Crippen LogP contribution in [0.1, 0.15) is 24.2 Å². The van der Waals surface area contributed by atoms with Crippen LogP contribution in [0.3, 0.4) is 0 Å². The van der Waals surface area contributed by atoms with Crippen LogP contribution in [0.4, 0.5) is 14.5 Å². The molecule has 1 rings (SSSR count). The fraction of sp³-hybridized carbons (Fsp3) is 0.333. The summed E-state index contributed by atoms with van der Waals surface area (Å²) < 4.78 is 31.8. The number of hydrogen-bond donors (Lipinski definition) is 1. The van der Waals surface area contributed by atoms with Gasteiger partial charge in [-0.15, -0.1) is 0 Å². The summed E-state index contributed by atoms with van der Waals surface area (Å²) in [7, 11) is 1.07. The van der Waals surface area contributed by atoms with Gasteiger partial charge in [0, 0.05) is 6.07 Å². The molecule has 0 saturated heterocycles. The van der Waals surface area contributed by atoms with Crippen molar-refractivity contribution in [2.45, 2.75) is 19.4 Å². The van der Waals surface area contributed by atoms with E-state index in [1.807, 2.05) is 0 Å². The molecule has 21 heavy (non-hydrogen) atoms. The number of nitro groups is 1. The molecule has 1 N–H and O–H groups in total. The van der Waals surface area contributed by atoms with E-state index in [1.165, 1.54) is 13.8 Å². The Bertz CT molecular complexity index is 616. The van der Waals surface area contributed by atoms with E-state index in [4.69, 9.17) is 0 Å². The molecule has 0 atom stereocenters. The van der Waals surface area contributed by atoms with Crippen LogP contribution >= 0.6 is 0 Å². The van der Waals surface area contributed by atoms with Crippen molar-refractivity contribution in [2.75, 3.05) is 7.11 Å². The average Bonchev–Trinajstić information content (AvgIpc) is 2.36. The number of nitrogens with one attached hydrogen (secondary N) is 1. The Morgan fingerprint density at radius 2 is 1.90 bits per heavy atom. The van der Waals surface area contributed by atoms with Gasteiger partial charge in [0.15, 0.2) is 0 Å². The van der Waals surface area contributed by atoms with Gasteiger partial charge in [-0.05, 0) is 19.9 Å². The molecule has 7 nitrogen and oxygen atoms in total. The van der Waals surface area contributed by atoms with Crippen molar-refractivity contribution in [1.82, 2.24) is 5.32 Å². The molecule has 0 spiro atoms. The maximum Gasteiger partial charge on any atom is 0.330 e. The van der Waals surface area contributed by atoms with Crippen LogP contribution in [0.2, 0.25) is 0 Å². The molecule has 0 unspecified atom stereocenters. The molecule has 1 aromatic carbocycles. The number of nitrogens with zero attached hydrogens (tertiary/aromatic N) is 1. The first-order chi connectivity index (χ1) is 9.61. The Kier molecular flexibility index (Phi) is 4.56. The number of nitro benzene ring substituents is 1. The van der Waals surface area contributed by atoms with Gasteiger partial charge in [-0.1, -0.05) is 0 Å². The van der Waals surface area contributed by atoms with Crippen LogP contribution in [0.15, 0.2) is 12.1 Å². The summed E-state index contributed by atoms with van der Waals surface area (Å²) >= 11 is 0. The van der Waals surface area contributed by atoms with E-state index in [0.29, 0.717) is 12.1 Å². The van der Waals surface area contributed by atoms with Crippen LogP contribution in [0, 0.1) is 21.7 Å². The third-order valence-electron chi connectivity index (χ3n) is 2.62. The largest absolute Gasteiger partial charge is 0.467 e. The van der Waals surface area contributed by atoms with Gasteiger partial charge in [-0.25, -0.2) is 9.18 Å². The average molecular weight is 302 g/mol. The van der Waals surface area contributed by atoms with Gasteiger partial charge in [0.25, 0.3) is 5.91 Å². The standard InChI is InChI=1S/C12H12F2N2O5/c1-12(2,11(18)21-3)15-10(17)8-6(13)4-5-7(9(8)14)16(19)20/h4-5H,1-3H3,(H,15,17). The molecule has 0 fully saturated rings. The van der Waals surface area contributed by atoms with E-state index < -0.39 is 45.2 Å². The summed E-state index contributed by atoms with van der Waals surface area (Å²) in [6.45, 7) is 2.51. The van der Waals surface area contributed by atoms with E-state index in [9.17, 15) is 28.5 Å². The van der Waals surface area contributed by atoms with Crippen LogP contribution < -0.4 is 5.32 Å². The summed E-state index contributed by atoms with van der Waals surface area (Å²) in [6.07, 6.45) is 0. The van der Waals surface area contributed by atoms with Crippen LogP contribution in [0.5, 0.6) is 0 Å². The Hall–Kier alpha value is -2.58. The number of benzene rings is 1. The van der Waals surface area contributed by atoms with E-state index in [2.05, 4.69) is 10.1 Å². The van der Waals surface area contributed by atoms with Crippen molar-refractivity contribution in [3.63, 3.8) is 0 Å². The molecule has 0 bridgehead atoms. The summed E-state index contributed by atoms with van der Waals surface area (Å²) in [6, 6.07) is 1.20. The van der Waals surface area contributed by atoms with Gasteiger partial charge < -0.3 is 10.1 Å². The monoisotopic (exact) mass is 302 g/mol. The van der Waals surface area contributed by atoms with E-state index in [-0.39, 0.29) is 0 Å². The number of methoxy groups -OCH3 is 1. The molecule has 0 saturated carbocycles. The lowest BCUT2D eigenvalue weighted by Crippen LogP contribution is -2.50. The zero-order chi connectivity index (χ0) is 16.4. The number of rotatable bonds is 4. The minimum Gasteiger partial charge on any atom is -0.467 e. The highest BCUT2D eigenvalue weighted by atomic mass is 19.1. The molecule has 9 heteroatoms. The molecule has 0 aliphatic carbocycles. The van der Waals surface area contributed by atoms with Gasteiger partial charge >= 0.3 is 11.7 Å². The normalized spacial score (nSPS) is 10.9. The van der Waals surface area contributed by atoms with Crippen LogP contribution in [-0.2, 0) is 9.53 Å². The van der Waals surface area contributed by atoms with Crippen molar-refractivity contribution in [3.8, 4) is 0 Å². The summed E-state index contributed by atoms with van der Waals surface area (Å²) in [4.78, 5) is 32.8. The minimum atomic E-state index is -1.61. The molecule has 0 heterocycles. The van der Waals surface area contributed by atoms with E-state index in [1.54, 1.807) is 0 Å². The zero-order valence-electron chi connectivity index (χ0n) is 11.4. The highest BCUT2D eigenvalue weighted by Crippen LogP contribution is 2.23. The summed E-state index contributed by atoms with van der Waals surface area (Å²) in [5.41, 5.74) is -3.74. The first kappa shape index (κ1) is 16.5. The first-order valence-electron chi connectivity index (χ1n) is 5.65. The molecule has 114 valence electrons. The van der Waals surface area contributed by atoms with Crippen LogP contribution in [-0.4, -0.2) is 29.4 Å². The molecular formula is C12H12F2N2O5. The number of hydrogen-bond acceptors (Lipinski definition) is 5. The molecule has 0 aliphatic heterocycles. The second-order valence-electron chi connectivity index (χ2n) is 4.58. The highest BCUT2D eigenvalue weighted by Gasteiger charge is 2.34. The topological polar surface area (TPSA) is 98.5 Å². The number of carbonyl (C=O) groups excluding carboxylic acids is 2. The predicted molar refractivity (Wildman–Crippen MR) is 66.6 cm³/mol. The summed E-state index contributed by atoms with van der Waals surface area (Å²) in [5.74, 6) is -5.04. The molecule has 1 amide bonds. The van der Waals surface area contributed by atoms with Crippen molar-refractivity contribution in [2.24, 2.45) is 0 Å². The smallest absolute Gasteiger partial charge is 0.330 e. The van der Waals surface area contributed by atoms with Crippen molar-refractivity contribution in [1.29, 1.82) is 0 Å². The molecule has 0 aromatic heterocycles. The molecular weight excluding hydrogens is 290 g/mol. The van der Waals surface area contributed by atoms with Gasteiger partial charge in [0.1, 0.15) is 16.9 Å². The zero-order valence-corrected chi connectivity index (χ0v) is 11.4. The molecule has 0 aliphatic rings. The number of amides is 1. The Morgan fingerprint density at radius 1 is 1.33 bits per heavy atom. The lowest BCUT2D eigenvalue weighted by Gasteiger charge is -2.23. The quantitative estimate of drug-likeness (QED) is 0.517. The number of esters is 1. The maximum atomic E-state index is 13.8. The second kappa shape index (κ2) is 5.81. The fourth-order valence-electron chi connectivity index (χ4n) is 1.54. The Labute approximate surface area is 118 Å². The van der Waals surface area contributed by atoms with Crippen molar-refractivity contribution < 1.29 is 28.0 Å². The minimum absolute atomic E-state index is 0.598. The van der Waals surface area contributed by atoms with Gasteiger partial charge in [0.2, 0.25) is 5.82 Å². The summed E-state index contributed by atoms with van der Waals surface area (Å²) in [5, 5.41) is 12.6. The number of ether oxygens (including phenoxy) is 1. The van der Waals surface area contributed by atoms with Crippen molar-refractivity contribution in [3.05, 3.63) is 39.4 Å². The lowest BCUT2D eigenvalue weighted by atomic mass is 10.0. The third-order valence-corrected chi connectivity index (χ3v) is 2.62. The van der Waals surface area contributed by atoms with Gasteiger partial charge in [-0.2, -0.15) is 4.39 Å². The highest BCUT2D eigenvalue weighted by molar-refractivity contribution is 5.98. The van der Waals surface area contributed by atoms with E-state index >= 15 is 0 Å². The van der Waals surface area contributed by atoms with E-state index in [0.717, 1.165) is 7.11 Å². The first-order valence-corrected chi connectivity index (χ1v) is 5.65. The lowest BCUT2D eigenvalue weighted by molar-refractivity contribution is -0.387. The molecule has 0 radical (unpaired) electrons.